The summed E-state index contributed by atoms with van der Waals surface area (Å²) < 4.78 is 11.7. The van der Waals surface area contributed by atoms with Crippen molar-refractivity contribution < 1.29 is 14.3 Å². The SMILES string of the molecule is COCC1CCN(C2=NC=C(C(=O)NC3C(C)(C)C(Oc4ccc(N)c(Cl)c4)C3(C)C)CC2C)CC1. The number of nitrogens with one attached hydrogen (secondary N) is 1. The topological polar surface area (TPSA) is 89.2 Å². The summed E-state index contributed by atoms with van der Waals surface area (Å²) in [6.45, 7) is 13.5. The van der Waals surface area contributed by atoms with Gasteiger partial charge in [0, 0.05) is 67.4 Å². The zero-order chi connectivity index (χ0) is 26.3. The van der Waals surface area contributed by atoms with Gasteiger partial charge in [0.15, 0.2) is 0 Å². The monoisotopic (exact) mass is 516 g/mol. The van der Waals surface area contributed by atoms with Gasteiger partial charge >= 0.3 is 0 Å². The fourth-order valence-electron chi connectivity index (χ4n) is 6.60. The lowest BCUT2D eigenvalue weighted by atomic mass is 9.49. The minimum Gasteiger partial charge on any atom is -0.489 e. The number of amides is 1. The summed E-state index contributed by atoms with van der Waals surface area (Å²) in [7, 11) is 1.77. The van der Waals surface area contributed by atoms with Crippen LogP contribution in [-0.4, -0.2) is 55.6 Å². The second-order valence-electron chi connectivity index (χ2n) is 11.9. The van der Waals surface area contributed by atoms with Crippen molar-refractivity contribution in [3.8, 4) is 5.75 Å². The fourth-order valence-corrected chi connectivity index (χ4v) is 6.77. The highest BCUT2D eigenvalue weighted by Crippen LogP contribution is 2.55. The summed E-state index contributed by atoms with van der Waals surface area (Å²) in [5.41, 5.74) is 6.57. The molecule has 4 rings (SSSR count). The lowest BCUT2D eigenvalue weighted by Gasteiger charge is -2.63. The molecule has 0 spiro atoms. The van der Waals surface area contributed by atoms with Gasteiger partial charge in [0.05, 0.1) is 10.7 Å². The van der Waals surface area contributed by atoms with Crippen LogP contribution in [0, 0.1) is 22.7 Å². The number of methoxy groups -OCH3 is 1. The van der Waals surface area contributed by atoms with E-state index in [0.29, 0.717) is 28.8 Å². The number of carbonyl (C=O) groups excluding carboxylic acids is 1. The first-order valence-corrected chi connectivity index (χ1v) is 13.4. The molecule has 1 amide bonds. The third-order valence-corrected chi connectivity index (χ3v) is 8.62. The van der Waals surface area contributed by atoms with Crippen molar-refractivity contribution in [2.24, 2.45) is 27.7 Å². The molecule has 1 aliphatic carbocycles. The van der Waals surface area contributed by atoms with Gasteiger partial charge in [-0.3, -0.25) is 4.79 Å². The molecule has 1 saturated carbocycles. The summed E-state index contributed by atoms with van der Waals surface area (Å²) in [5.74, 6) is 2.58. The number of nitrogens with two attached hydrogens (primary N) is 1. The van der Waals surface area contributed by atoms with E-state index in [-0.39, 0.29) is 34.8 Å². The zero-order valence-corrected chi connectivity index (χ0v) is 23.2. The molecule has 1 unspecified atom stereocenters. The molecule has 8 heteroatoms. The molecule has 2 aliphatic heterocycles. The molecule has 7 nitrogen and oxygen atoms in total. The Morgan fingerprint density at radius 2 is 1.89 bits per heavy atom. The van der Waals surface area contributed by atoms with Crippen LogP contribution in [0.25, 0.3) is 0 Å². The number of rotatable bonds is 6. The van der Waals surface area contributed by atoms with Crippen molar-refractivity contribution in [1.82, 2.24) is 10.2 Å². The van der Waals surface area contributed by atoms with Crippen LogP contribution in [0.4, 0.5) is 5.69 Å². The number of hydrogen-bond donors (Lipinski definition) is 2. The lowest BCUT2D eigenvalue weighted by Crippen LogP contribution is -2.74. The van der Waals surface area contributed by atoms with Gasteiger partial charge in [-0.15, -0.1) is 0 Å². The number of aliphatic imine (C=N–C) groups is 1. The Labute approximate surface area is 220 Å². The molecule has 0 radical (unpaired) electrons. The zero-order valence-electron chi connectivity index (χ0n) is 22.4. The van der Waals surface area contributed by atoms with Crippen molar-refractivity contribution in [1.29, 1.82) is 0 Å². The summed E-state index contributed by atoms with van der Waals surface area (Å²) in [4.78, 5) is 20.5. The Hall–Kier alpha value is -2.25. The van der Waals surface area contributed by atoms with Crippen molar-refractivity contribution in [2.45, 2.75) is 66.0 Å². The van der Waals surface area contributed by atoms with E-state index in [1.165, 1.54) is 0 Å². The Morgan fingerprint density at radius 1 is 1.22 bits per heavy atom. The molecule has 198 valence electrons. The Morgan fingerprint density at radius 3 is 2.47 bits per heavy atom. The molecule has 1 aromatic carbocycles. The van der Waals surface area contributed by atoms with Crippen molar-refractivity contribution in [3.05, 3.63) is 35.0 Å². The second kappa shape index (κ2) is 10.3. The normalized spacial score (nSPS) is 27.5. The molecule has 0 bridgehead atoms. The average molecular weight is 517 g/mol. The van der Waals surface area contributed by atoms with Crippen LogP contribution in [0.1, 0.15) is 53.9 Å². The van der Waals surface area contributed by atoms with E-state index in [9.17, 15) is 4.79 Å². The number of hydrogen-bond acceptors (Lipinski definition) is 6. The molecule has 0 aromatic heterocycles. The summed E-state index contributed by atoms with van der Waals surface area (Å²) in [6.07, 6.45) is 4.61. The molecule has 2 heterocycles. The van der Waals surface area contributed by atoms with Gasteiger partial charge in [0.1, 0.15) is 17.7 Å². The van der Waals surface area contributed by atoms with Crippen LogP contribution < -0.4 is 15.8 Å². The maximum Gasteiger partial charge on any atom is 0.249 e. The maximum absolute atomic E-state index is 13.3. The van der Waals surface area contributed by atoms with Crippen LogP contribution in [0.5, 0.6) is 5.75 Å². The Balaban J connectivity index is 1.40. The third kappa shape index (κ3) is 5.10. The highest BCUT2D eigenvalue weighted by atomic mass is 35.5. The Kier molecular flexibility index (Phi) is 7.63. The number of nitrogens with zero attached hydrogens (tertiary/aromatic N) is 2. The van der Waals surface area contributed by atoms with E-state index in [0.717, 1.165) is 43.9 Å². The van der Waals surface area contributed by atoms with Gasteiger partial charge < -0.3 is 25.4 Å². The molecule has 1 saturated heterocycles. The second-order valence-corrected chi connectivity index (χ2v) is 12.3. The van der Waals surface area contributed by atoms with E-state index in [2.05, 4.69) is 44.8 Å². The number of halogens is 1. The van der Waals surface area contributed by atoms with Crippen LogP contribution in [0.3, 0.4) is 0 Å². The first-order valence-electron chi connectivity index (χ1n) is 13.0. The first kappa shape index (κ1) is 26.8. The van der Waals surface area contributed by atoms with E-state index < -0.39 is 0 Å². The number of benzene rings is 1. The summed E-state index contributed by atoms with van der Waals surface area (Å²) in [6, 6.07) is 5.29. The van der Waals surface area contributed by atoms with Crippen LogP contribution in [-0.2, 0) is 9.53 Å². The summed E-state index contributed by atoms with van der Waals surface area (Å²) >= 11 is 6.19. The number of nitrogen functional groups attached to an aromatic ring is 1. The highest BCUT2D eigenvalue weighted by molar-refractivity contribution is 6.33. The molecule has 36 heavy (non-hydrogen) atoms. The van der Waals surface area contributed by atoms with E-state index in [1.54, 1.807) is 25.4 Å². The minimum absolute atomic E-state index is 0.0384. The van der Waals surface area contributed by atoms with Gasteiger partial charge in [-0.1, -0.05) is 46.2 Å². The van der Waals surface area contributed by atoms with Crippen molar-refractivity contribution in [2.75, 3.05) is 32.5 Å². The molecule has 1 atom stereocenters. The van der Waals surface area contributed by atoms with Gasteiger partial charge in [0.2, 0.25) is 5.91 Å². The number of amidine groups is 1. The van der Waals surface area contributed by atoms with Crippen LogP contribution in [0.15, 0.2) is 35.0 Å². The predicted octanol–water partition coefficient (Wildman–Crippen LogP) is 4.90. The first-order chi connectivity index (χ1) is 16.9. The van der Waals surface area contributed by atoms with Gasteiger partial charge in [-0.25, -0.2) is 4.99 Å². The van der Waals surface area contributed by atoms with Crippen molar-refractivity contribution in [3.63, 3.8) is 0 Å². The highest BCUT2D eigenvalue weighted by Gasteiger charge is 2.64. The van der Waals surface area contributed by atoms with E-state index in [1.807, 2.05) is 6.07 Å². The standard InChI is InChI=1S/C28H41ClN4O3/c1-17-13-19(15-31-23(17)33-11-9-18(10-12-33)16-35-6)24(34)32-25-27(2,3)26(28(25,4)5)36-20-7-8-22(30)21(29)14-20/h7-8,14-15,17-18,25-26H,9-13,16,30H2,1-6H3,(H,32,34). The largest absolute Gasteiger partial charge is 0.489 e. The van der Waals surface area contributed by atoms with E-state index in [4.69, 9.17) is 31.8 Å². The maximum atomic E-state index is 13.3. The lowest BCUT2D eigenvalue weighted by molar-refractivity contribution is -0.172. The molecule has 3 aliphatic rings. The Bertz CT molecular complexity index is 1030. The van der Waals surface area contributed by atoms with Gasteiger partial charge in [-0.2, -0.15) is 0 Å². The molecular formula is C28H41ClN4O3. The van der Waals surface area contributed by atoms with Gasteiger partial charge in [-0.05, 0) is 37.3 Å². The number of piperidine rings is 1. The third-order valence-electron chi connectivity index (χ3n) is 8.29. The van der Waals surface area contributed by atoms with Crippen LogP contribution in [0.2, 0.25) is 5.02 Å². The number of carbonyl (C=O) groups is 1. The van der Waals surface area contributed by atoms with E-state index >= 15 is 0 Å². The fraction of sp³-hybridized carbons (Fsp3) is 0.643. The minimum atomic E-state index is -0.269. The van der Waals surface area contributed by atoms with Crippen LogP contribution >= 0.6 is 11.6 Å². The quantitative estimate of drug-likeness (QED) is 0.525. The molecule has 1 aromatic rings. The molecular weight excluding hydrogens is 476 g/mol. The molecule has 3 N–H and O–H groups in total. The number of likely N-dealkylation sites (tertiary alicyclic amines) is 1. The number of anilines is 1. The molecule has 2 fully saturated rings. The smallest absolute Gasteiger partial charge is 0.249 e. The summed E-state index contributed by atoms with van der Waals surface area (Å²) in [5, 5.41) is 3.78. The predicted molar refractivity (Wildman–Crippen MR) is 145 cm³/mol. The van der Waals surface area contributed by atoms with Gasteiger partial charge in [0.25, 0.3) is 0 Å². The van der Waals surface area contributed by atoms with Crippen molar-refractivity contribution >= 4 is 29.0 Å². The average Bonchev–Trinajstić information content (AvgIpc) is 2.83. The number of ether oxygens (including phenoxy) is 2.